The highest BCUT2D eigenvalue weighted by atomic mass is 35.5. The molecule has 1 aromatic carbocycles. The Hall–Kier alpha value is -2.86. The lowest BCUT2D eigenvalue weighted by atomic mass is 10.0. The van der Waals surface area contributed by atoms with E-state index in [9.17, 15) is 4.79 Å². The van der Waals surface area contributed by atoms with Gasteiger partial charge in [-0.1, -0.05) is 23.7 Å². The third-order valence-corrected chi connectivity index (χ3v) is 5.36. The van der Waals surface area contributed by atoms with Crippen molar-refractivity contribution >= 4 is 17.5 Å². The van der Waals surface area contributed by atoms with Crippen LogP contribution in [0.1, 0.15) is 52.9 Å². The molecule has 2 aromatic heterocycles. The maximum Gasteiger partial charge on any atom is 0.256 e. The summed E-state index contributed by atoms with van der Waals surface area (Å²) in [4.78, 5) is 23.5. The number of halogens is 1. The van der Waals surface area contributed by atoms with Gasteiger partial charge in [0, 0.05) is 30.3 Å². The predicted molar refractivity (Wildman–Crippen MR) is 109 cm³/mol. The van der Waals surface area contributed by atoms with Crippen LogP contribution in [0.2, 0.25) is 5.02 Å². The van der Waals surface area contributed by atoms with Crippen molar-refractivity contribution < 1.29 is 13.9 Å². The molecule has 1 saturated heterocycles. The van der Waals surface area contributed by atoms with Crippen LogP contribution in [-0.4, -0.2) is 34.4 Å². The number of hydrogen-bond acceptors (Lipinski definition) is 5. The molecular formula is C22H22ClN3O3. The van der Waals surface area contributed by atoms with Crippen LogP contribution in [-0.2, 0) is 6.42 Å². The normalized spacial score (nSPS) is 16.6. The maximum absolute atomic E-state index is 13.1. The number of hydrogen-bond donors (Lipinski definition) is 0. The summed E-state index contributed by atoms with van der Waals surface area (Å²) >= 11 is 5.95. The molecule has 1 amide bonds. The second-order valence-corrected chi connectivity index (χ2v) is 7.50. The van der Waals surface area contributed by atoms with Crippen molar-refractivity contribution in [1.82, 2.24) is 14.9 Å². The molecule has 1 aliphatic heterocycles. The number of amides is 1. The van der Waals surface area contributed by atoms with Gasteiger partial charge < -0.3 is 14.1 Å². The first kappa shape index (κ1) is 19.5. The minimum atomic E-state index is -0.169. The molecule has 0 spiro atoms. The van der Waals surface area contributed by atoms with E-state index in [0.29, 0.717) is 35.3 Å². The molecule has 0 aliphatic carbocycles. The van der Waals surface area contributed by atoms with Crippen LogP contribution >= 0.6 is 11.6 Å². The molecule has 3 aromatic rings. The fourth-order valence-corrected chi connectivity index (χ4v) is 3.71. The van der Waals surface area contributed by atoms with Gasteiger partial charge in [0.1, 0.15) is 11.8 Å². The van der Waals surface area contributed by atoms with Gasteiger partial charge in [-0.05, 0) is 43.0 Å². The number of pyridine rings is 1. The van der Waals surface area contributed by atoms with Crippen molar-refractivity contribution in [3.05, 3.63) is 76.6 Å². The van der Waals surface area contributed by atoms with E-state index in [-0.39, 0.29) is 11.9 Å². The van der Waals surface area contributed by atoms with Crippen molar-refractivity contribution in [1.29, 1.82) is 0 Å². The molecule has 0 bridgehead atoms. The van der Waals surface area contributed by atoms with Crippen molar-refractivity contribution in [2.24, 2.45) is 0 Å². The van der Waals surface area contributed by atoms with E-state index in [2.05, 4.69) is 9.97 Å². The number of ether oxygens (including phenoxy) is 1. The summed E-state index contributed by atoms with van der Waals surface area (Å²) in [6.45, 7) is 0.671. The van der Waals surface area contributed by atoms with Gasteiger partial charge in [0.25, 0.3) is 5.91 Å². The third kappa shape index (κ3) is 4.43. The summed E-state index contributed by atoms with van der Waals surface area (Å²) in [5, 5.41) is 0.705. The van der Waals surface area contributed by atoms with Crippen molar-refractivity contribution in [3.8, 4) is 5.88 Å². The van der Waals surface area contributed by atoms with Crippen molar-refractivity contribution in [2.45, 2.75) is 31.7 Å². The molecule has 0 saturated carbocycles. The molecule has 6 nitrogen and oxygen atoms in total. The van der Waals surface area contributed by atoms with Crippen molar-refractivity contribution in [3.63, 3.8) is 0 Å². The van der Waals surface area contributed by atoms with E-state index in [1.807, 2.05) is 29.2 Å². The lowest BCUT2D eigenvalue weighted by Gasteiger charge is -2.33. The van der Waals surface area contributed by atoms with E-state index >= 15 is 0 Å². The van der Waals surface area contributed by atoms with Crippen LogP contribution in [0.25, 0.3) is 0 Å². The van der Waals surface area contributed by atoms with Crippen LogP contribution in [0.15, 0.2) is 53.2 Å². The second-order valence-electron chi connectivity index (χ2n) is 7.07. The molecule has 150 valence electrons. The summed E-state index contributed by atoms with van der Waals surface area (Å²) in [6.07, 6.45) is 6.75. The summed E-state index contributed by atoms with van der Waals surface area (Å²) in [6, 6.07) is 10.9. The average Bonchev–Trinajstić information content (AvgIpc) is 3.23. The van der Waals surface area contributed by atoms with Gasteiger partial charge in [-0.3, -0.25) is 4.79 Å². The molecule has 29 heavy (non-hydrogen) atoms. The summed E-state index contributed by atoms with van der Waals surface area (Å²) in [7, 11) is 1.55. The summed E-state index contributed by atoms with van der Waals surface area (Å²) < 4.78 is 11.1. The molecule has 1 aliphatic rings. The Bertz CT molecular complexity index is 970. The highest BCUT2D eigenvalue weighted by Crippen LogP contribution is 2.32. The highest BCUT2D eigenvalue weighted by Gasteiger charge is 2.32. The van der Waals surface area contributed by atoms with Crippen LogP contribution in [0.5, 0.6) is 5.88 Å². The van der Waals surface area contributed by atoms with Gasteiger partial charge in [-0.15, -0.1) is 0 Å². The standard InChI is InChI=1S/C22H22ClN3O3/c1-28-20-10-7-16(13-24-20)22(27)26-11-3-2-4-19(26)21-25-14-18(29-21)12-15-5-8-17(23)9-6-15/h5-10,13-14,19H,2-4,11-12H2,1H3. The van der Waals surface area contributed by atoms with Gasteiger partial charge in [-0.2, -0.15) is 0 Å². The SMILES string of the molecule is COc1ccc(C(=O)N2CCCCC2c2ncc(Cc3ccc(Cl)cc3)o2)cn1. The Morgan fingerprint density at radius 2 is 2.00 bits per heavy atom. The first-order valence-electron chi connectivity index (χ1n) is 9.64. The quantitative estimate of drug-likeness (QED) is 0.609. The number of carbonyl (C=O) groups is 1. The number of piperidine rings is 1. The molecule has 7 heteroatoms. The number of nitrogens with zero attached hydrogens (tertiary/aromatic N) is 3. The topological polar surface area (TPSA) is 68.5 Å². The van der Waals surface area contributed by atoms with Gasteiger partial charge in [-0.25, -0.2) is 9.97 Å². The van der Waals surface area contributed by atoms with Crippen LogP contribution in [0.4, 0.5) is 0 Å². The first-order chi connectivity index (χ1) is 14.1. The van der Waals surface area contributed by atoms with Crippen LogP contribution in [0, 0.1) is 0 Å². The molecule has 0 N–H and O–H groups in total. The zero-order valence-electron chi connectivity index (χ0n) is 16.2. The molecule has 4 rings (SSSR count). The van der Waals surface area contributed by atoms with Gasteiger partial charge in [0.05, 0.1) is 18.9 Å². The highest BCUT2D eigenvalue weighted by molar-refractivity contribution is 6.30. The fraction of sp³-hybridized carbons (Fsp3) is 0.318. The van der Waals surface area contributed by atoms with Gasteiger partial charge in [0.15, 0.2) is 0 Å². The fourth-order valence-electron chi connectivity index (χ4n) is 3.59. The van der Waals surface area contributed by atoms with E-state index in [1.54, 1.807) is 31.6 Å². The number of likely N-dealkylation sites (tertiary alicyclic amines) is 1. The number of benzene rings is 1. The Kier molecular flexibility index (Phi) is 5.81. The number of oxazole rings is 1. The van der Waals surface area contributed by atoms with Crippen LogP contribution < -0.4 is 4.74 Å². The Balaban J connectivity index is 1.52. The smallest absolute Gasteiger partial charge is 0.256 e. The lowest BCUT2D eigenvalue weighted by molar-refractivity contribution is 0.0569. The first-order valence-corrected chi connectivity index (χ1v) is 10.0. The monoisotopic (exact) mass is 411 g/mol. The molecule has 3 heterocycles. The largest absolute Gasteiger partial charge is 0.481 e. The zero-order valence-corrected chi connectivity index (χ0v) is 16.9. The second kappa shape index (κ2) is 8.66. The molecule has 0 radical (unpaired) electrons. The minimum absolute atomic E-state index is 0.0673. The van der Waals surface area contributed by atoms with E-state index in [4.69, 9.17) is 20.8 Å². The van der Waals surface area contributed by atoms with E-state index in [1.165, 1.54) is 0 Å². The van der Waals surface area contributed by atoms with Crippen molar-refractivity contribution in [2.75, 3.05) is 13.7 Å². The number of rotatable bonds is 5. The summed E-state index contributed by atoms with van der Waals surface area (Å²) in [5.74, 6) is 1.77. The molecule has 1 fully saturated rings. The van der Waals surface area contributed by atoms with Gasteiger partial charge in [0.2, 0.25) is 11.8 Å². The lowest BCUT2D eigenvalue weighted by Crippen LogP contribution is -2.38. The Morgan fingerprint density at radius 3 is 2.72 bits per heavy atom. The molecule has 1 unspecified atom stereocenters. The number of aromatic nitrogens is 2. The molecular weight excluding hydrogens is 390 g/mol. The summed E-state index contributed by atoms with van der Waals surface area (Å²) in [5.41, 5.74) is 1.63. The predicted octanol–water partition coefficient (Wildman–Crippen LogP) is 4.69. The zero-order chi connectivity index (χ0) is 20.2. The number of carbonyl (C=O) groups excluding carboxylic acids is 1. The average molecular weight is 412 g/mol. The molecule has 1 atom stereocenters. The minimum Gasteiger partial charge on any atom is -0.481 e. The van der Waals surface area contributed by atoms with Crippen LogP contribution in [0.3, 0.4) is 0 Å². The third-order valence-electron chi connectivity index (χ3n) is 5.10. The maximum atomic E-state index is 13.1. The number of methoxy groups -OCH3 is 1. The van der Waals surface area contributed by atoms with Gasteiger partial charge >= 0.3 is 0 Å². The Labute approximate surface area is 174 Å². The van der Waals surface area contributed by atoms with E-state index < -0.39 is 0 Å². The Morgan fingerprint density at radius 1 is 1.17 bits per heavy atom. The van der Waals surface area contributed by atoms with E-state index in [0.717, 1.165) is 30.6 Å².